The zero-order valence-corrected chi connectivity index (χ0v) is 14.5. The minimum atomic E-state index is -0.439. The zero-order valence-electron chi connectivity index (χ0n) is 14.5. The number of hydrogen-bond donors (Lipinski definition) is 1. The normalized spacial score (nSPS) is 15.7. The molecule has 0 aliphatic carbocycles. The molecule has 1 aromatic carbocycles. The van der Waals surface area contributed by atoms with Crippen molar-refractivity contribution in [3.05, 3.63) is 57.4 Å². The first-order valence-electron chi connectivity index (χ1n) is 8.35. The number of aromatic nitrogens is 2. The van der Waals surface area contributed by atoms with Crippen molar-refractivity contribution >= 4 is 5.69 Å². The van der Waals surface area contributed by atoms with Gasteiger partial charge in [-0.15, -0.1) is 0 Å². The van der Waals surface area contributed by atoms with E-state index in [1.807, 2.05) is 24.3 Å². The largest absolute Gasteiger partial charge is 0.372 e. The number of aromatic amines is 1. The van der Waals surface area contributed by atoms with Gasteiger partial charge in [-0.05, 0) is 37.1 Å². The van der Waals surface area contributed by atoms with E-state index in [4.69, 9.17) is 9.47 Å². The van der Waals surface area contributed by atoms with E-state index in [1.165, 1.54) is 16.8 Å². The summed E-state index contributed by atoms with van der Waals surface area (Å²) in [5.41, 5.74) is 1.00. The van der Waals surface area contributed by atoms with Gasteiger partial charge in [-0.3, -0.25) is 14.3 Å². The number of ether oxygens (including phenoxy) is 2. The van der Waals surface area contributed by atoms with Crippen molar-refractivity contribution in [3.8, 4) is 5.69 Å². The van der Waals surface area contributed by atoms with Gasteiger partial charge in [0.05, 0.1) is 5.69 Å². The van der Waals surface area contributed by atoms with Crippen LogP contribution in [0.2, 0.25) is 0 Å². The third-order valence-corrected chi connectivity index (χ3v) is 4.71. The van der Waals surface area contributed by atoms with Gasteiger partial charge >= 0.3 is 5.69 Å². The summed E-state index contributed by atoms with van der Waals surface area (Å²) < 4.78 is 12.1. The number of piperidine rings is 1. The average molecular weight is 345 g/mol. The highest BCUT2D eigenvalue weighted by Gasteiger charge is 2.26. The molecule has 1 fully saturated rings. The van der Waals surface area contributed by atoms with Crippen LogP contribution in [0.3, 0.4) is 0 Å². The Labute approximate surface area is 145 Å². The number of rotatable bonds is 5. The van der Waals surface area contributed by atoms with Gasteiger partial charge in [-0.2, -0.15) is 0 Å². The van der Waals surface area contributed by atoms with Crippen LogP contribution < -0.4 is 16.1 Å². The predicted molar refractivity (Wildman–Crippen MR) is 95.4 cm³/mol. The van der Waals surface area contributed by atoms with Crippen molar-refractivity contribution < 1.29 is 9.47 Å². The number of methoxy groups -OCH3 is 2. The Kier molecular flexibility index (Phi) is 5.35. The standard InChI is InChI=1S/C18H23N3O4/c1-24-17(25-2)13-7-10-20(11-8-13)14-3-5-15(6-4-14)21-12-9-16(22)19-18(21)23/h3-6,9,12-13,17H,7-8,10-11H2,1-2H3,(H,19,22,23). The summed E-state index contributed by atoms with van der Waals surface area (Å²) in [5.74, 6) is 0.408. The molecule has 134 valence electrons. The van der Waals surface area contributed by atoms with Gasteiger partial charge in [-0.1, -0.05) is 0 Å². The van der Waals surface area contributed by atoms with Crippen molar-refractivity contribution in [1.82, 2.24) is 9.55 Å². The van der Waals surface area contributed by atoms with Crippen molar-refractivity contribution in [2.75, 3.05) is 32.2 Å². The third-order valence-electron chi connectivity index (χ3n) is 4.71. The van der Waals surface area contributed by atoms with E-state index in [1.54, 1.807) is 14.2 Å². The van der Waals surface area contributed by atoms with Crippen molar-refractivity contribution in [1.29, 1.82) is 0 Å². The fraction of sp³-hybridized carbons (Fsp3) is 0.444. The minimum Gasteiger partial charge on any atom is -0.372 e. The second-order valence-corrected chi connectivity index (χ2v) is 6.16. The minimum absolute atomic E-state index is 0.142. The molecule has 3 rings (SSSR count). The second kappa shape index (κ2) is 7.67. The summed E-state index contributed by atoms with van der Waals surface area (Å²) >= 11 is 0. The lowest BCUT2D eigenvalue weighted by atomic mass is 9.95. The molecule has 1 aliphatic heterocycles. The van der Waals surface area contributed by atoms with E-state index in [0.717, 1.165) is 37.3 Å². The van der Waals surface area contributed by atoms with E-state index in [2.05, 4.69) is 9.88 Å². The monoisotopic (exact) mass is 345 g/mol. The van der Waals surface area contributed by atoms with Crippen molar-refractivity contribution in [3.63, 3.8) is 0 Å². The number of anilines is 1. The first-order valence-corrected chi connectivity index (χ1v) is 8.35. The maximum Gasteiger partial charge on any atom is 0.332 e. The molecular weight excluding hydrogens is 322 g/mol. The van der Waals surface area contributed by atoms with Gasteiger partial charge < -0.3 is 14.4 Å². The summed E-state index contributed by atoms with van der Waals surface area (Å²) in [6, 6.07) is 9.10. The molecule has 25 heavy (non-hydrogen) atoms. The Hall–Kier alpha value is -2.38. The Morgan fingerprint density at radius 1 is 1.00 bits per heavy atom. The molecule has 0 amide bonds. The van der Waals surface area contributed by atoms with Gasteiger partial charge in [-0.25, -0.2) is 4.79 Å². The first-order chi connectivity index (χ1) is 12.1. The van der Waals surface area contributed by atoms with Crippen LogP contribution >= 0.6 is 0 Å². The summed E-state index contributed by atoms with van der Waals surface area (Å²) in [6.45, 7) is 1.87. The maximum absolute atomic E-state index is 11.9. The van der Waals surface area contributed by atoms with Crippen LogP contribution in [0.5, 0.6) is 0 Å². The van der Waals surface area contributed by atoms with E-state index < -0.39 is 11.2 Å². The Balaban J connectivity index is 1.69. The topological polar surface area (TPSA) is 76.6 Å². The molecule has 1 saturated heterocycles. The molecule has 0 spiro atoms. The van der Waals surface area contributed by atoms with E-state index in [9.17, 15) is 9.59 Å². The van der Waals surface area contributed by atoms with E-state index >= 15 is 0 Å². The first kappa shape index (κ1) is 17.4. The van der Waals surface area contributed by atoms with Gasteiger partial charge in [0.25, 0.3) is 5.56 Å². The number of H-pyrrole nitrogens is 1. The third kappa shape index (κ3) is 3.83. The molecule has 0 radical (unpaired) electrons. The fourth-order valence-electron chi connectivity index (χ4n) is 3.36. The Morgan fingerprint density at radius 3 is 2.16 bits per heavy atom. The molecular formula is C18H23N3O4. The Bertz CT molecular complexity index is 800. The predicted octanol–water partition coefficient (Wildman–Crippen LogP) is 1.36. The van der Waals surface area contributed by atoms with Crippen LogP contribution in [0.1, 0.15) is 12.8 Å². The lowest BCUT2D eigenvalue weighted by molar-refractivity contribution is -0.141. The SMILES string of the molecule is COC(OC)C1CCN(c2ccc(-n3ccc(=O)[nH]c3=O)cc2)CC1. The molecule has 1 aliphatic rings. The van der Waals surface area contributed by atoms with Crippen LogP contribution in [-0.2, 0) is 9.47 Å². The van der Waals surface area contributed by atoms with Crippen molar-refractivity contribution in [2.45, 2.75) is 19.1 Å². The van der Waals surface area contributed by atoms with Crippen LogP contribution in [0.25, 0.3) is 5.69 Å². The summed E-state index contributed by atoms with van der Waals surface area (Å²) in [7, 11) is 3.36. The maximum atomic E-state index is 11.9. The van der Waals surface area contributed by atoms with Crippen molar-refractivity contribution in [2.24, 2.45) is 5.92 Å². The highest BCUT2D eigenvalue weighted by atomic mass is 16.7. The van der Waals surface area contributed by atoms with Crippen LogP contribution in [0.4, 0.5) is 5.69 Å². The van der Waals surface area contributed by atoms with Gasteiger partial charge in [0, 0.05) is 51.2 Å². The quantitative estimate of drug-likeness (QED) is 0.828. The molecule has 0 bridgehead atoms. The van der Waals surface area contributed by atoms with Gasteiger partial charge in [0.1, 0.15) is 0 Å². The highest BCUT2D eigenvalue weighted by Crippen LogP contribution is 2.27. The number of hydrogen-bond acceptors (Lipinski definition) is 5. The molecule has 0 atom stereocenters. The highest BCUT2D eigenvalue weighted by molar-refractivity contribution is 5.51. The second-order valence-electron chi connectivity index (χ2n) is 6.16. The molecule has 2 aromatic rings. The molecule has 1 aromatic heterocycles. The van der Waals surface area contributed by atoms with E-state index in [0.29, 0.717) is 5.92 Å². The fourth-order valence-corrected chi connectivity index (χ4v) is 3.36. The van der Waals surface area contributed by atoms with Crippen LogP contribution in [-0.4, -0.2) is 43.2 Å². The van der Waals surface area contributed by atoms with Crippen LogP contribution in [0, 0.1) is 5.92 Å². The number of nitrogens with zero attached hydrogens (tertiary/aromatic N) is 2. The summed E-state index contributed by atoms with van der Waals surface area (Å²) in [4.78, 5) is 27.6. The molecule has 0 saturated carbocycles. The lowest BCUT2D eigenvalue weighted by Gasteiger charge is -2.36. The zero-order chi connectivity index (χ0) is 17.8. The van der Waals surface area contributed by atoms with E-state index in [-0.39, 0.29) is 6.29 Å². The smallest absolute Gasteiger partial charge is 0.332 e. The summed E-state index contributed by atoms with van der Waals surface area (Å²) in [6.07, 6.45) is 3.36. The molecule has 2 heterocycles. The molecule has 7 heteroatoms. The Morgan fingerprint density at radius 2 is 1.60 bits per heavy atom. The van der Waals surface area contributed by atoms with Gasteiger partial charge in [0.15, 0.2) is 6.29 Å². The lowest BCUT2D eigenvalue weighted by Crippen LogP contribution is -2.39. The summed E-state index contributed by atoms with van der Waals surface area (Å²) in [5, 5.41) is 0. The number of nitrogens with one attached hydrogen (secondary N) is 1. The molecule has 7 nitrogen and oxygen atoms in total. The molecule has 1 N–H and O–H groups in total. The molecule has 0 unspecified atom stereocenters. The van der Waals surface area contributed by atoms with Crippen LogP contribution in [0.15, 0.2) is 46.1 Å². The van der Waals surface area contributed by atoms with Gasteiger partial charge in [0.2, 0.25) is 0 Å². The number of benzene rings is 1. The average Bonchev–Trinajstić information content (AvgIpc) is 2.64.